The third-order valence-corrected chi connectivity index (χ3v) is 4.55. The molecule has 0 bridgehead atoms. The highest BCUT2D eigenvalue weighted by Gasteiger charge is 2.19. The number of aromatic nitrogens is 3. The summed E-state index contributed by atoms with van der Waals surface area (Å²) in [5.74, 6) is 0.945. The highest BCUT2D eigenvalue weighted by atomic mass is 32.2. The van der Waals surface area contributed by atoms with Gasteiger partial charge in [0.05, 0.1) is 5.75 Å². The second-order valence-electron chi connectivity index (χ2n) is 4.15. The van der Waals surface area contributed by atoms with Gasteiger partial charge in [-0.3, -0.25) is 9.36 Å². The fourth-order valence-electron chi connectivity index (χ4n) is 1.73. The minimum absolute atomic E-state index is 0.00228. The number of carbonyl (C=O) groups is 1. The van der Waals surface area contributed by atoms with Gasteiger partial charge in [0.15, 0.2) is 5.16 Å². The van der Waals surface area contributed by atoms with Gasteiger partial charge in [0, 0.05) is 25.9 Å². The van der Waals surface area contributed by atoms with Gasteiger partial charge in [-0.2, -0.15) is 11.8 Å². The predicted molar refractivity (Wildman–Crippen MR) is 80.2 cm³/mol. The second-order valence-corrected chi connectivity index (χ2v) is 6.01. The first-order chi connectivity index (χ1) is 9.01. The van der Waals surface area contributed by atoms with Crippen molar-refractivity contribution in [1.29, 1.82) is 0 Å². The van der Waals surface area contributed by atoms with Gasteiger partial charge in [0.2, 0.25) is 5.95 Å². The molecule has 0 amide bonds. The number of carboxylic acids is 1. The molecule has 1 unspecified atom stereocenters. The van der Waals surface area contributed by atoms with E-state index in [2.05, 4.69) is 28.3 Å². The van der Waals surface area contributed by atoms with E-state index in [1.807, 2.05) is 18.7 Å². The molecule has 108 valence electrons. The number of hydrogen-bond donors (Lipinski definition) is 1. The van der Waals surface area contributed by atoms with E-state index < -0.39 is 5.97 Å². The van der Waals surface area contributed by atoms with Crippen LogP contribution in [0.3, 0.4) is 0 Å². The number of carboxylic acid groups (broad SMARTS) is 1. The molecule has 0 radical (unpaired) electrons. The molecule has 1 rings (SSSR count). The molecule has 0 aromatic carbocycles. The fourth-order valence-corrected chi connectivity index (χ4v) is 3.20. The van der Waals surface area contributed by atoms with Crippen LogP contribution in [0.1, 0.15) is 13.3 Å². The van der Waals surface area contributed by atoms with E-state index in [4.69, 9.17) is 5.11 Å². The highest BCUT2D eigenvalue weighted by Crippen LogP contribution is 2.22. The SMILES string of the molecule is CCC(CSC)N(C)c1nnc(SCC(=O)O)n1C. The lowest BCUT2D eigenvalue weighted by Gasteiger charge is -2.27. The van der Waals surface area contributed by atoms with Crippen molar-refractivity contribution in [3.05, 3.63) is 0 Å². The number of rotatable bonds is 8. The summed E-state index contributed by atoms with van der Waals surface area (Å²) in [6.07, 6.45) is 3.11. The molecule has 1 N–H and O–H groups in total. The van der Waals surface area contributed by atoms with Gasteiger partial charge in [-0.25, -0.2) is 0 Å². The number of anilines is 1. The number of nitrogens with zero attached hydrogens (tertiary/aromatic N) is 4. The van der Waals surface area contributed by atoms with Crippen LogP contribution in [0.15, 0.2) is 5.16 Å². The Labute approximate surface area is 122 Å². The Morgan fingerprint density at radius 2 is 2.21 bits per heavy atom. The van der Waals surface area contributed by atoms with Crippen LogP contribution in [0.2, 0.25) is 0 Å². The van der Waals surface area contributed by atoms with Gasteiger partial charge in [0.1, 0.15) is 0 Å². The van der Waals surface area contributed by atoms with Crippen molar-refractivity contribution in [1.82, 2.24) is 14.8 Å². The van der Waals surface area contributed by atoms with Crippen molar-refractivity contribution in [3.63, 3.8) is 0 Å². The van der Waals surface area contributed by atoms with Crippen LogP contribution in [0.25, 0.3) is 0 Å². The Morgan fingerprint density at radius 1 is 1.53 bits per heavy atom. The van der Waals surface area contributed by atoms with Gasteiger partial charge in [-0.05, 0) is 12.7 Å². The lowest BCUT2D eigenvalue weighted by atomic mass is 10.2. The van der Waals surface area contributed by atoms with E-state index in [-0.39, 0.29) is 5.75 Å². The maximum absolute atomic E-state index is 10.6. The Morgan fingerprint density at radius 3 is 2.74 bits per heavy atom. The van der Waals surface area contributed by atoms with Crippen LogP contribution in [0.5, 0.6) is 0 Å². The molecule has 0 saturated carbocycles. The van der Waals surface area contributed by atoms with Crippen LogP contribution in [0.4, 0.5) is 5.95 Å². The van der Waals surface area contributed by atoms with E-state index in [0.29, 0.717) is 11.2 Å². The molecule has 0 saturated heterocycles. The predicted octanol–water partition coefficient (Wildman–Crippen LogP) is 1.57. The number of aliphatic carboxylic acids is 1. The zero-order valence-corrected chi connectivity index (χ0v) is 13.3. The summed E-state index contributed by atoms with van der Waals surface area (Å²) in [4.78, 5) is 12.7. The molecular formula is C11H20N4O2S2. The van der Waals surface area contributed by atoms with Crippen LogP contribution in [0, 0.1) is 0 Å². The van der Waals surface area contributed by atoms with Gasteiger partial charge in [0.25, 0.3) is 0 Å². The van der Waals surface area contributed by atoms with E-state index >= 15 is 0 Å². The molecule has 1 aromatic rings. The first kappa shape index (κ1) is 16.2. The summed E-state index contributed by atoms with van der Waals surface area (Å²) in [5.41, 5.74) is 0. The summed E-state index contributed by atoms with van der Waals surface area (Å²) in [7, 11) is 3.86. The Bertz CT molecular complexity index is 425. The number of hydrogen-bond acceptors (Lipinski definition) is 6. The largest absolute Gasteiger partial charge is 0.481 e. The monoisotopic (exact) mass is 304 g/mol. The molecule has 0 spiro atoms. The molecule has 8 heteroatoms. The van der Waals surface area contributed by atoms with Crippen molar-refractivity contribution in [2.45, 2.75) is 24.5 Å². The van der Waals surface area contributed by atoms with Gasteiger partial charge < -0.3 is 10.0 Å². The quantitative estimate of drug-likeness (QED) is 0.731. The van der Waals surface area contributed by atoms with E-state index in [1.165, 1.54) is 11.8 Å². The molecule has 1 atom stereocenters. The highest BCUT2D eigenvalue weighted by molar-refractivity contribution is 7.99. The average Bonchev–Trinajstić information content (AvgIpc) is 2.74. The molecule has 1 heterocycles. The van der Waals surface area contributed by atoms with Crippen molar-refractivity contribution in [2.75, 3.05) is 29.7 Å². The van der Waals surface area contributed by atoms with Gasteiger partial charge in [-0.15, -0.1) is 10.2 Å². The second kappa shape index (κ2) is 7.64. The molecule has 0 fully saturated rings. The van der Waals surface area contributed by atoms with E-state index in [0.717, 1.165) is 18.1 Å². The minimum Gasteiger partial charge on any atom is -0.481 e. The van der Waals surface area contributed by atoms with Gasteiger partial charge >= 0.3 is 5.97 Å². The van der Waals surface area contributed by atoms with Crippen LogP contribution < -0.4 is 4.90 Å². The molecule has 19 heavy (non-hydrogen) atoms. The Kier molecular flexibility index (Phi) is 6.50. The smallest absolute Gasteiger partial charge is 0.313 e. The fraction of sp³-hybridized carbons (Fsp3) is 0.727. The lowest BCUT2D eigenvalue weighted by Crippen LogP contribution is -2.35. The van der Waals surface area contributed by atoms with Crippen LogP contribution >= 0.6 is 23.5 Å². The molecule has 0 aliphatic rings. The first-order valence-electron chi connectivity index (χ1n) is 5.97. The first-order valence-corrected chi connectivity index (χ1v) is 8.34. The zero-order valence-electron chi connectivity index (χ0n) is 11.7. The zero-order chi connectivity index (χ0) is 14.4. The van der Waals surface area contributed by atoms with E-state index in [9.17, 15) is 4.79 Å². The van der Waals surface area contributed by atoms with Crippen LogP contribution in [-0.4, -0.2) is 56.7 Å². The summed E-state index contributed by atoms with van der Waals surface area (Å²) in [5, 5.41) is 17.5. The normalized spacial score (nSPS) is 12.4. The Balaban J connectivity index is 2.80. The number of thioether (sulfide) groups is 2. The molecule has 1 aromatic heterocycles. The van der Waals surface area contributed by atoms with Gasteiger partial charge in [-0.1, -0.05) is 18.7 Å². The van der Waals surface area contributed by atoms with Crippen molar-refractivity contribution >= 4 is 35.4 Å². The average molecular weight is 304 g/mol. The minimum atomic E-state index is -0.850. The standard InChI is InChI=1S/C11H20N4O2S2/c1-5-8(6-18-4)14(2)10-12-13-11(15(10)3)19-7-9(16)17/h8H,5-7H2,1-4H3,(H,16,17). The summed E-state index contributed by atoms with van der Waals surface area (Å²) in [6, 6.07) is 0.398. The molecule has 0 aliphatic heterocycles. The topological polar surface area (TPSA) is 71.2 Å². The third-order valence-electron chi connectivity index (χ3n) is 2.83. The summed E-state index contributed by atoms with van der Waals surface area (Å²) in [6.45, 7) is 2.15. The van der Waals surface area contributed by atoms with Crippen molar-refractivity contribution in [2.24, 2.45) is 7.05 Å². The Hall–Kier alpha value is -0.890. The van der Waals surface area contributed by atoms with Crippen molar-refractivity contribution in [3.8, 4) is 0 Å². The third kappa shape index (κ3) is 4.31. The molecule has 0 aliphatic carbocycles. The van der Waals surface area contributed by atoms with E-state index in [1.54, 1.807) is 11.8 Å². The van der Waals surface area contributed by atoms with Crippen LogP contribution in [-0.2, 0) is 11.8 Å². The molecule has 6 nitrogen and oxygen atoms in total. The maximum Gasteiger partial charge on any atom is 0.313 e. The van der Waals surface area contributed by atoms with Crippen molar-refractivity contribution < 1.29 is 9.90 Å². The molecular weight excluding hydrogens is 284 g/mol. The summed E-state index contributed by atoms with van der Waals surface area (Å²) >= 11 is 2.99. The summed E-state index contributed by atoms with van der Waals surface area (Å²) < 4.78 is 1.84. The lowest BCUT2D eigenvalue weighted by molar-refractivity contribution is -0.133. The maximum atomic E-state index is 10.6.